The molecule has 0 spiro atoms. The molecule has 2 rings (SSSR count). The highest BCUT2D eigenvalue weighted by atomic mass is 28.4. The van der Waals surface area contributed by atoms with Crippen molar-refractivity contribution in [2.45, 2.75) is 78.2 Å². The molecule has 0 aliphatic heterocycles. The Kier molecular flexibility index (Phi) is 8.62. The molecule has 0 fully saturated rings. The standard InChI is InChI=1S/C28H38O6Si2/c1-27(2,33-35(5,6)7)25(31)21-15-11-19(12-16-21)23(29)24(30)20-13-17-22(18-14-20)26(32)28(3,4)34-36(8,9)10/h11-18H,1-10H3. The van der Waals surface area contributed by atoms with Crippen molar-refractivity contribution in [1.82, 2.24) is 0 Å². The van der Waals surface area contributed by atoms with E-state index in [1.165, 1.54) is 24.3 Å². The van der Waals surface area contributed by atoms with E-state index >= 15 is 0 Å². The van der Waals surface area contributed by atoms with Gasteiger partial charge >= 0.3 is 0 Å². The van der Waals surface area contributed by atoms with Crippen LogP contribution in [-0.2, 0) is 8.85 Å². The molecule has 0 N–H and O–H groups in total. The molecule has 194 valence electrons. The normalized spacial score (nSPS) is 12.8. The lowest BCUT2D eigenvalue weighted by molar-refractivity contribution is 0.0556. The van der Waals surface area contributed by atoms with Gasteiger partial charge in [-0.3, -0.25) is 19.2 Å². The van der Waals surface area contributed by atoms with Crippen LogP contribution in [0.2, 0.25) is 39.3 Å². The summed E-state index contributed by atoms with van der Waals surface area (Å²) in [6.07, 6.45) is 0. The van der Waals surface area contributed by atoms with Crippen LogP contribution >= 0.6 is 0 Å². The first-order valence-electron chi connectivity index (χ1n) is 12.0. The van der Waals surface area contributed by atoms with Gasteiger partial charge in [-0.25, -0.2) is 0 Å². The van der Waals surface area contributed by atoms with Crippen molar-refractivity contribution in [3.63, 3.8) is 0 Å². The van der Waals surface area contributed by atoms with E-state index < -0.39 is 39.4 Å². The Morgan fingerprint density at radius 2 is 0.722 bits per heavy atom. The average Bonchev–Trinajstić information content (AvgIpc) is 2.74. The molecule has 2 aromatic carbocycles. The minimum absolute atomic E-state index is 0.184. The van der Waals surface area contributed by atoms with Gasteiger partial charge in [0, 0.05) is 22.3 Å². The molecule has 0 saturated carbocycles. The minimum atomic E-state index is -1.95. The molecular weight excluding hydrogens is 488 g/mol. The highest BCUT2D eigenvalue weighted by Crippen LogP contribution is 2.24. The van der Waals surface area contributed by atoms with Gasteiger partial charge < -0.3 is 8.85 Å². The van der Waals surface area contributed by atoms with Crippen molar-refractivity contribution >= 4 is 39.8 Å². The molecule has 6 nitrogen and oxygen atoms in total. The highest BCUT2D eigenvalue weighted by molar-refractivity contribution is 6.70. The lowest BCUT2D eigenvalue weighted by Gasteiger charge is -2.31. The maximum atomic E-state index is 12.9. The second-order valence-electron chi connectivity index (χ2n) is 11.9. The van der Waals surface area contributed by atoms with E-state index in [2.05, 4.69) is 0 Å². The van der Waals surface area contributed by atoms with Crippen molar-refractivity contribution in [3.8, 4) is 0 Å². The van der Waals surface area contributed by atoms with Gasteiger partial charge in [0.15, 0.2) is 28.2 Å². The topological polar surface area (TPSA) is 86.7 Å². The van der Waals surface area contributed by atoms with Crippen molar-refractivity contribution in [1.29, 1.82) is 0 Å². The fourth-order valence-electron chi connectivity index (χ4n) is 4.13. The lowest BCUT2D eigenvalue weighted by atomic mass is 9.93. The summed E-state index contributed by atoms with van der Waals surface area (Å²) < 4.78 is 12.0. The van der Waals surface area contributed by atoms with E-state index in [0.29, 0.717) is 11.1 Å². The quantitative estimate of drug-likeness (QED) is 0.192. The Morgan fingerprint density at radius 1 is 0.500 bits per heavy atom. The highest BCUT2D eigenvalue weighted by Gasteiger charge is 2.36. The summed E-state index contributed by atoms with van der Waals surface area (Å²) in [7, 11) is -3.90. The monoisotopic (exact) mass is 526 g/mol. The van der Waals surface area contributed by atoms with Gasteiger partial charge in [0.05, 0.1) is 0 Å². The molecule has 0 aliphatic rings. The van der Waals surface area contributed by atoms with Crippen LogP contribution in [0.25, 0.3) is 0 Å². The SMILES string of the molecule is CC(C)(O[Si](C)(C)C)C(=O)c1ccc(C(=O)C(=O)c2ccc(C(=O)C(C)(C)O[Si](C)(C)C)cc2)cc1. The average molecular weight is 527 g/mol. The molecule has 0 atom stereocenters. The van der Waals surface area contributed by atoms with Gasteiger partial charge in [0.1, 0.15) is 11.2 Å². The summed E-state index contributed by atoms with van der Waals surface area (Å²) in [4.78, 5) is 51.5. The Labute approximate surface area is 216 Å². The van der Waals surface area contributed by atoms with Crippen LogP contribution in [-0.4, -0.2) is 51.0 Å². The fraction of sp³-hybridized carbons (Fsp3) is 0.429. The second-order valence-corrected chi connectivity index (χ2v) is 20.8. The van der Waals surface area contributed by atoms with E-state index in [-0.39, 0.29) is 22.7 Å². The number of ketones is 4. The summed E-state index contributed by atoms with van der Waals surface area (Å²) in [5, 5.41) is 0. The molecule has 2 aromatic rings. The minimum Gasteiger partial charge on any atom is -0.405 e. The number of hydrogen-bond donors (Lipinski definition) is 0. The molecule has 0 aromatic heterocycles. The molecule has 0 saturated heterocycles. The molecule has 0 unspecified atom stereocenters. The van der Waals surface area contributed by atoms with Crippen molar-refractivity contribution in [2.75, 3.05) is 0 Å². The molecule has 0 radical (unpaired) electrons. The number of carbonyl (C=O) groups excluding carboxylic acids is 4. The van der Waals surface area contributed by atoms with Crippen molar-refractivity contribution in [3.05, 3.63) is 70.8 Å². The molecular formula is C28H38O6Si2. The van der Waals surface area contributed by atoms with Crippen molar-refractivity contribution < 1.29 is 28.0 Å². The predicted molar refractivity (Wildman–Crippen MR) is 147 cm³/mol. The van der Waals surface area contributed by atoms with Gasteiger partial charge in [-0.15, -0.1) is 0 Å². The Hall–Kier alpha value is -2.53. The van der Waals surface area contributed by atoms with Crippen LogP contribution in [0.3, 0.4) is 0 Å². The van der Waals surface area contributed by atoms with E-state index in [9.17, 15) is 19.2 Å². The first-order valence-corrected chi connectivity index (χ1v) is 18.8. The van der Waals surface area contributed by atoms with Crippen LogP contribution in [0, 0.1) is 0 Å². The Balaban J connectivity index is 2.17. The summed E-state index contributed by atoms with van der Waals surface area (Å²) in [5.41, 5.74) is -0.781. The van der Waals surface area contributed by atoms with E-state index in [4.69, 9.17) is 8.85 Å². The van der Waals surface area contributed by atoms with Crippen LogP contribution in [0.1, 0.15) is 69.1 Å². The lowest BCUT2D eigenvalue weighted by Crippen LogP contribution is -2.44. The number of hydrogen-bond acceptors (Lipinski definition) is 6. The zero-order valence-electron chi connectivity index (χ0n) is 23.1. The number of Topliss-reactive ketones (excluding diaryl/α,β-unsaturated/α-hetero) is 4. The molecule has 8 heteroatoms. The number of carbonyl (C=O) groups is 4. The van der Waals surface area contributed by atoms with E-state index in [0.717, 1.165) is 0 Å². The van der Waals surface area contributed by atoms with E-state index in [1.54, 1.807) is 52.0 Å². The summed E-state index contributed by atoms with van der Waals surface area (Å²) in [5.74, 6) is -1.74. The molecule has 0 aliphatic carbocycles. The number of rotatable bonds is 11. The Morgan fingerprint density at radius 3 is 0.944 bits per heavy atom. The molecule has 0 amide bonds. The maximum absolute atomic E-state index is 12.9. The van der Waals surface area contributed by atoms with Gasteiger partial charge in [0.2, 0.25) is 11.6 Å². The first-order chi connectivity index (χ1) is 16.2. The third kappa shape index (κ3) is 7.73. The molecule has 36 heavy (non-hydrogen) atoms. The van der Waals surface area contributed by atoms with Crippen LogP contribution in [0.5, 0.6) is 0 Å². The predicted octanol–water partition coefficient (Wildman–Crippen LogP) is 6.38. The van der Waals surface area contributed by atoms with Gasteiger partial charge in [-0.05, 0) is 67.0 Å². The van der Waals surface area contributed by atoms with Crippen LogP contribution in [0.15, 0.2) is 48.5 Å². The summed E-state index contributed by atoms with van der Waals surface area (Å²) in [6.45, 7) is 19.0. The fourth-order valence-corrected chi connectivity index (χ4v) is 7.37. The maximum Gasteiger partial charge on any atom is 0.233 e. The summed E-state index contributed by atoms with van der Waals surface area (Å²) >= 11 is 0. The Bertz CT molecular complexity index is 1060. The third-order valence-corrected chi connectivity index (χ3v) is 7.49. The largest absolute Gasteiger partial charge is 0.405 e. The van der Waals surface area contributed by atoms with Gasteiger partial charge in [-0.1, -0.05) is 48.5 Å². The zero-order valence-corrected chi connectivity index (χ0v) is 25.1. The van der Waals surface area contributed by atoms with Gasteiger partial charge in [-0.2, -0.15) is 0 Å². The third-order valence-electron chi connectivity index (χ3n) is 5.24. The van der Waals surface area contributed by atoms with Crippen molar-refractivity contribution in [2.24, 2.45) is 0 Å². The molecule has 0 heterocycles. The van der Waals surface area contributed by atoms with Crippen LogP contribution < -0.4 is 0 Å². The van der Waals surface area contributed by atoms with E-state index in [1.807, 2.05) is 39.3 Å². The second kappa shape index (κ2) is 10.5. The van der Waals surface area contributed by atoms with Gasteiger partial charge in [0.25, 0.3) is 0 Å². The number of benzene rings is 2. The van der Waals surface area contributed by atoms with Crippen LogP contribution in [0.4, 0.5) is 0 Å². The first kappa shape index (κ1) is 29.7. The smallest absolute Gasteiger partial charge is 0.233 e. The zero-order chi connectivity index (χ0) is 27.7. The molecule has 0 bridgehead atoms. The summed E-state index contributed by atoms with van der Waals surface area (Å²) in [6, 6.07) is 12.1.